The summed E-state index contributed by atoms with van der Waals surface area (Å²) in [5.41, 5.74) is -0.128. The first-order chi connectivity index (χ1) is 13.6. The second-order valence-corrected chi connectivity index (χ2v) is 8.29. The number of nitrogens with zero attached hydrogens (tertiary/aromatic N) is 2. The second-order valence-electron chi connectivity index (χ2n) is 8.29. The molecule has 0 aliphatic carbocycles. The van der Waals surface area contributed by atoms with Crippen LogP contribution in [0.4, 0.5) is 0 Å². The van der Waals surface area contributed by atoms with Crippen LogP contribution in [0.5, 0.6) is 0 Å². The molecule has 2 heterocycles. The standard InChI is InChI=1S/C22H35N3O3/c26-20-11-16-25(21(27)10-9-19-7-2-1-3-8-19)18-22(20,28)17-23-12-6-15-24-13-4-5-14-24/h1-3,7-8,20,23,26,28H,4-6,9-18H2/t20-,22+/m0/s1. The number of rotatable bonds is 9. The van der Waals surface area contributed by atoms with Gasteiger partial charge in [-0.15, -0.1) is 0 Å². The van der Waals surface area contributed by atoms with E-state index < -0.39 is 11.7 Å². The molecule has 2 saturated heterocycles. The number of aryl methyl sites for hydroxylation is 1. The highest BCUT2D eigenvalue weighted by molar-refractivity contribution is 5.76. The van der Waals surface area contributed by atoms with E-state index in [1.165, 1.54) is 25.9 Å². The fourth-order valence-electron chi connectivity index (χ4n) is 4.24. The first-order valence-electron chi connectivity index (χ1n) is 10.7. The molecule has 0 saturated carbocycles. The van der Waals surface area contributed by atoms with Crippen LogP contribution < -0.4 is 5.32 Å². The SMILES string of the molecule is O=C(CCc1ccccc1)N1CC[C@H](O)[C@@](O)(CNCCCN2CCCC2)C1. The molecule has 3 N–H and O–H groups in total. The van der Waals surface area contributed by atoms with Gasteiger partial charge in [-0.25, -0.2) is 0 Å². The molecule has 0 spiro atoms. The molecule has 1 aromatic carbocycles. The van der Waals surface area contributed by atoms with Crippen LogP contribution >= 0.6 is 0 Å². The Labute approximate surface area is 168 Å². The number of nitrogens with one attached hydrogen (secondary N) is 1. The third-order valence-corrected chi connectivity index (χ3v) is 6.04. The number of hydrogen-bond acceptors (Lipinski definition) is 5. The van der Waals surface area contributed by atoms with Gasteiger partial charge in [0.2, 0.25) is 5.91 Å². The molecule has 6 nitrogen and oxygen atoms in total. The van der Waals surface area contributed by atoms with Gasteiger partial charge in [0, 0.05) is 19.5 Å². The van der Waals surface area contributed by atoms with Crippen molar-refractivity contribution in [3.05, 3.63) is 35.9 Å². The van der Waals surface area contributed by atoms with Crippen LogP contribution in [0.2, 0.25) is 0 Å². The molecule has 0 radical (unpaired) electrons. The molecule has 2 aliphatic rings. The third-order valence-electron chi connectivity index (χ3n) is 6.04. The van der Waals surface area contributed by atoms with E-state index >= 15 is 0 Å². The number of aliphatic hydroxyl groups excluding tert-OH is 1. The molecule has 1 aromatic rings. The number of aliphatic hydroxyl groups is 2. The van der Waals surface area contributed by atoms with E-state index in [9.17, 15) is 15.0 Å². The fourth-order valence-corrected chi connectivity index (χ4v) is 4.24. The monoisotopic (exact) mass is 389 g/mol. The predicted molar refractivity (Wildman–Crippen MR) is 110 cm³/mol. The maximum Gasteiger partial charge on any atom is 0.223 e. The number of carbonyl (C=O) groups is 1. The van der Waals surface area contributed by atoms with Gasteiger partial charge in [-0.2, -0.15) is 0 Å². The minimum Gasteiger partial charge on any atom is -0.390 e. The summed E-state index contributed by atoms with van der Waals surface area (Å²) in [6.45, 7) is 5.31. The Kier molecular flexibility index (Phi) is 7.85. The van der Waals surface area contributed by atoms with Gasteiger partial charge in [0.15, 0.2) is 0 Å². The zero-order chi connectivity index (χ0) is 19.8. The van der Waals surface area contributed by atoms with Crippen LogP contribution in [0.25, 0.3) is 0 Å². The van der Waals surface area contributed by atoms with Crippen molar-refractivity contribution in [2.24, 2.45) is 0 Å². The molecule has 1 amide bonds. The first-order valence-corrected chi connectivity index (χ1v) is 10.7. The lowest BCUT2D eigenvalue weighted by molar-refractivity contribution is -0.150. The number of amides is 1. The quantitative estimate of drug-likeness (QED) is 0.550. The summed E-state index contributed by atoms with van der Waals surface area (Å²) < 4.78 is 0. The molecule has 28 heavy (non-hydrogen) atoms. The van der Waals surface area contributed by atoms with E-state index in [1.807, 2.05) is 30.3 Å². The molecule has 2 aliphatic heterocycles. The Morgan fingerprint density at radius 3 is 2.68 bits per heavy atom. The molecule has 2 fully saturated rings. The zero-order valence-electron chi connectivity index (χ0n) is 16.9. The summed E-state index contributed by atoms with van der Waals surface area (Å²) in [6, 6.07) is 9.97. The molecule has 0 bridgehead atoms. The van der Waals surface area contributed by atoms with Gasteiger partial charge in [0.05, 0.1) is 12.6 Å². The summed E-state index contributed by atoms with van der Waals surface area (Å²) in [5, 5.41) is 24.6. The normalized spacial score (nSPS) is 25.9. The van der Waals surface area contributed by atoms with Crippen molar-refractivity contribution in [1.82, 2.24) is 15.1 Å². The van der Waals surface area contributed by atoms with Crippen molar-refractivity contribution in [1.29, 1.82) is 0 Å². The zero-order valence-corrected chi connectivity index (χ0v) is 16.9. The van der Waals surface area contributed by atoms with Crippen molar-refractivity contribution in [2.45, 2.75) is 50.2 Å². The Bertz CT molecular complexity index is 606. The smallest absolute Gasteiger partial charge is 0.223 e. The van der Waals surface area contributed by atoms with Gasteiger partial charge in [-0.05, 0) is 63.8 Å². The van der Waals surface area contributed by atoms with Crippen LogP contribution in [0.3, 0.4) is 0 Å². The summed E-state index contributed by atoms with van der Waals surface area (Å²) in [6.07, 6.45) is 4.39. The van der Waals surface area contributed by atoms with Gasteiger partial charge >= 0.3 is 0 Å². The highest BCUT2D eigenvalue weighted by atomic mass is 16.3. The van der Waals surface area contributed by atoms with Crippen LogP contribution in [0, 0.1) is 0 Å². The maximum absolute atomic E-state index is 12.6. The topological polar surface area (TPSA) is 76.0 Å². The number of hydrogen-bond donors (Lipinski definition) is 3. The lowest BCUT2D eigenvalue weighted by atomic mass is 9.89. The molecule has 6 heteroatoms. The van der Waals surface area contributed by atoms with Crippen molar-refractivity contribution >= 4 is 5.91 Å². The highest BCUT2D eigenvalue weighted by Crippen LogP contribution is 2.22. The van der Waals surface area contributed by atoms with Gasteiger partial charge in [-0.1, -0.05) is 30.3 Å². The molecule has 3 rings (SSSR count). The Hall–Kier alpha value is -1.47. The van der Waals surface area contributed by atoms with Crippen LogP contribution in [0.15, 0.2) is 30.3 Å². The van der Waals surface area contributed by atoms with E-state index in [2.05, 4.69) is 10.2 Å². The summed E-state index contributed by atoms with van der Waals surface area (Å²) in [5.74, 6) is 0.0446. The van der Waals surface area contributed by atoms with Crippen molar-refractivity contribution in [2.75, 3.05) is 45.8 Å². The van der Waals surface area contributed by atoms with E-state index in [0.29, 0.717) is 32.4 Å². The van der Waals surface area contributed by atoms with Crippen LogP contribution in [-0.2, 0) is 11.2 Å². The van der Waals surface area contributed by atoms with E-state index in [4.69, 9.17) is 0 Å². The second kappa shape index (κ2) is 10.3. The van der Waals surface area contributed by atoms with E-state index in [1.54, 1.807) is 4.90 Å². The summed E-state index contributed by atoms with van der Waals surface area (Å²) >= 11 is 0. The van der Waals surface area contributed by atoms with Gasteiger partial charge in [0.25, 0.3) is 0 Å². The number of piperidine rings is 1. The van der Waals surface area contributed by atoms with E-state index in [0.717, 1.165) is 25.1 Å². The number of likely N-dealkylation sites (tertiary alicyclic amines) is 2. The third kappa shape index (κ3) is 6.01. The maximum atomic E-state index is 12.6. The average molecular weight is 390 g/mol. The molecular formula is C22H35N3O3. The Morgan fingerprint density at radius 2 is 1.93 bits per heavy atom. The largest absolute Gasteiger partial charge is 0.390 e. The Morgan fingerprint density at radius 1 is 1.18 bits per heavy atom. The summed E-state index contributed by atoms with van der Waals surface area (Å²) in [4.78, 5) is 16.8. The number of β-amino-alcohol motifs (C(OH)–C–C–N with tert-alkyl or cyclic N) is 1. The molecule has 2 atom stereocenters. The first kappa shape index (κ1) is 21.2. The van der Waals surface area contributed by atoms with Crippen molar-refractivity contribution in [3.63, 3.8) is 0 Å². The molecule has 156 valence electrons. The van der Waals surface area contributed by atoms with E-state index in [-0.39, 0.29) is 12.5 Å². The number of carbonyl (C=O) groups excluding carboxylic acids is 1. The molecular weight excluding hydrogens is 354 g/mol. The van der Waals surface area contributed by atoms with Gasteiger partial charge in [-0.3, -0.25) is 4.79 Å². The average Bonchev–Trinajstić information content (AvgIpc) is 3.22. The van der Waals surface area contributed by atoms with Crippen molar-refractivity contribution < 1.29 is 15.0 Å². The minimum absolute atomic E-state index is 0.0446. The van der Waals surface area contributed by atoms with Gasteiger partial charge in [0.1, 0.15) is 5.60 Å². The van der Waals surface area contributed by atoms with Crippen LogP contribution in [0.1, 0.15) is 37.7 Å². The van der Waals surface area contributed by atoms with Crippen LogP contribution in [-0.4, -0.2) is 83.4 Å². The minimum atomic E-state index is -1.27. The van der Waals surface area contributed by atoms with Gasteiger partial charge < -0.3 is 25.3 Å². The molecule has 0 aromatic heterocycles. The predicted octanol–water partition coefficient (Wildman–Crippen LogP) is 1.02. The fraction of sp³-hybridized carbons (Fsp3) is 0.682. The Balaban J connectivity index is 1.40. The lowest BCUT2D eigenvalue weighted by Crippen LogP contribution is -2.62. The number of benzene rings is 1. The van der Waals surface area contributed by atoms with Crippen molar-refractivity contribution in [3.8, 4) is 0 Å². The molecule has 0 unspecified atom stereocenters. The summed E-state index contributed by atoms with van der Waals surface area (Å²) in [7, 11) is 0. The highest BCUT2D eigenvalue weighted by Gasteiger charge is 2.42. The lowest BCUT2D eigenvalue weighted by Gasteiger charge is -2.43.